The first kappa shape index (κ1) is 17.7. The van der Waals surface area contributed by atoms with Crippen LogP contribution in [-0.2, 0) is 9.53 Å². The zero-order chi connectivity index (χ0) is 19.7. The molecule has 0 bridgehead atoms. The average Bonchev–Trinajstić information content (AvgIpc) is 3.32. The van der Waals surface area contributed by atoms with Gasteiger partial charge in [0.1, 0.15) is 0 Å². The van der Waals surface area contributed by atoms with Crippen LogP contribution in [0.1, 0.15) is 34.8 Å². The van der Waals surface area contributed by atoms with Crippen molar-refractivity contribution in [2.24, 2.45) is 0 Å². The van der Waals surface area contributed by atoms with Crippen molar-refractivity contribution in [1.29, 1.82) is 0 Å². The zero-order valence-corrected chi connectivity index (χ0v) is 15.2. The number of aryl methyl sites for hydroxylation is 1. The molecule has 10 nitrogen and oxygen atoms in total. The van der Waals surface area contributed by atoms with Gasteiger partial charge in [-0.3, -0.25) is 4.79 Å². The summed E-state index contributed by atoms with van der Waals surface area (Å²) in [7, 11) is 0. The topological polar surface area (TPSA) is 117 Å². The Hall–Kier alpha value is -3.69. The quantitative estimate of drug-likeness (QED) is 0.653. The van der Waals surface area contributed by atoms with Gasteiger partial charge in [0, 0.05) is 11.9 Å². The summed E-state index contributed by atoms with van der Waals surface area (Å²) in [6, 6.07) is 6.85. The third-order valence-corrected chi connectivity index (χ3v) is 4.22. The Kier molecular flexibility index (Phi) is 4.52. The molecule has 4 rings (SSSR count). The average molecular weight is 383 g/mol. The number of fused-ring (bicyclic) bond motifs is 2. The van der Waals surface area contributed by atoms with Crippen LogP contribution in [-0.4, -0.2) is 44.9 Å². The fraction of sp³-hybridized carbons (Fsp3) is 0.278. The molecule has 1 N–H and O–H groups in total. The van der Waals surface area contributed by atoms with Gasteiger partial charge in [-0.05, 0) is 37.6 Å². The molecule has 10 heteroatoms. The molecule has 1 unspecified atom stereocenters. The van der Waals surface area contributed by atoms with E-state index in [1.807, 2.05) is 19.9 Å². The van der Waals surface area contributed by atoms with Gasteiger partial charge in [0.2, 0.25) is 6.79 Å². The van der Waals surface area contributed by atoms with Crippen molar-refractivity contribution in [1.82, 2.24) is 24.9 Å². The molecule has 2 aromatic heterocycles. The van der Waals surface area contributed by atoms with Crippen molar-refractivity contribution in [2.75, 3.05) is 13.4 Å². The predicted octanol–water partition coefficient (Wildman–Crippen LogP) is 1.20. The number of rotatable bonds is 5. The third kappa shape index (κ3) is 3.43. The minimum atomic E-state index is -0.796. The molecule has 0 fully saturated rings. The van der Waals surface area contributed by atoms with Gasteiger partial charge in [0.25, 0.3) is 17.5 Å². The zero-order valence-electron chi connectivity index (χ0n) is 15.2. The lowest BCUT2D eigenvalue weighted by atomic mass is 10.1. The van der Waals surface area contributed by atoms with Gasteiger partial charge in [0.05, 0.1) is 6.04 Å². The van der Waals surface area contributed by atoms with E-state index in [0.29, 0.717) is 11.5 Å². The molecule has 0 saturated carbocycles. The summed E-state index contributed by atoms with van der Waals surface area (Å²) in [6.45, 7) is 3.36. The second-order valence-electron chi connectivity index (χ2n) is 6.21. The van der Waals surface area contributed by atoms with Gasteiger partial charge in [-0.15, -0.1) is 5.10 Å². The van der Waals surface area contributed by atoms with Crippen molar-refractivity contribution in [3.8, 4) is 11.5 Å². The summed E-state index contributed by atoms with van der Waals surface area (Å²) in [6.07, 6.45) is 1.57. The number of carbonyl (C=O) groups excluding carboxylic acids is 2. The Balaban J connectivity index is 1.34. The van der Waals surface area contributed by atoms with E-state index in [4.69, 9.17) is 14.2 Å². The van der Waals surface area contributed by atoms with Crippen molar-refractivity contribution >= 4 is 17.7 Å². The predicted molar refractivity (Wildman–Crippen MR) is 94.9 cm³/mol. The third-order valence-electron chi connectivity index (χ3n) is 4.22. The van der Waals surface area contributed by atoms with Gasteiger partial charge in [-0.2, -0.15) is 4.98 Å². The Morgan fingerprint density at radius 2 is 2.11 bits per heavy atom. The van der Waals surface area contributed by atoms with E-state index in [9.17, 15) is 9.59 Å². The van der Waals surface area contributed by atoms with E-state index in [2.05, 4.69) is 20.4 Å². The van der Waals surface area contributed by atoms with Gasteiger partial charge < -0.3 is 19.5 Å². The highest BCUT2D eigenvalue weighted by atomic mass is 16.7. The number of nitrogens with one attached hydrogen (secondary N) is 1. The molecule has 3 heterocycles. The molecule has 1 aliphatic rings. The van der Waals surface area contributed by atoms with E-state index in [-0.39, 0.29) is 24.4 Å². The monoisotopic (exact) mass is 383 g/mol. The van der Waals surface area contributed by atoms with E-state index in [1.54, 1.807) is 24.4 Å². The summed E-state index contributed by atoms with van der Waals surface area (Å²) in [5, 5.41) is 6.80. The van der Waals surface area contributed by atoms with Crippen molar-refractivity contribution in [2.45, 2.75) is 19.9 Å². The summed E-state index contributed by atoms with van der Waals surface area (Å²) in [5.41, 5.74) is 1.61. The number of benzene rings is 1. The second-order valence-corrected chi connectivity index (χ2v) is 6.21. The Labute approximate surface area is 159 Å². The van der Waals surface area contributed by atoms with Gasteiger partial charge >= 0.3 is 5.97 Å². The van der Waals surface area contributed by atoms with Crippen LogP contribution in [0.4, 0.5) is 0 Å². The first-order valence-electron chi connectivity index (χ1n) is 8.55. The van der Waals surface area contributed by atoms with Crippen molar-refractivity contribution in [3.63, 3.8) is 0 Å². The lowest BCUT2D eigenvalue weighted by Crippen LogP contribution is -2.31. The first-order valence-corrected chi connectivity index (χ1v) is 8.55. The molecule has 0 aliphatic carbocycles. The second kappa shape index (κ2) is 7.14. The van der Waals surface area contributed by atoms with E-state index in [1.165, 1.54) is 4.52 Å². The maximum atomic E-state index is 12.1. The molecule has 1 amide bonds. The van der Waals surface area contributed by atoms with Crippen LogP contribution in [0.15, 0.2) is 30.5 Å². The molecule has 0 radical (unpaired) electrons. The fourth-order valence-corrected chi connectivity index (χ4v) is 2.74. The highest BCUT2D eigenvalue weighted by molar-refractivity contribution is 5.88. The number of hydrogen-bond acceptors (Lipinski definition) is 8. The maximum Gasteiger partial charge on any atom is 0.378 e. The number of hydrogen-bond donors (Lipinski definition) is 1. The van der Waals surface area contributed by atoms with Crippen LogP contribution in [0.2, 0.25) is 0 Å². The first-order chi connectivity index (χ1) is 13.5. The number of carbonyl (C=O) groups is 2. The highest BCUT2D eigenvalue weighted by Gasteiger charge is 2.19. The van der Waals surface area contributed by atoms with Gasteiger partial charge in [-0.25, -0.2) is 14.3 Å². The fourth-order valence-electron chi connectivity index (χ4n) is 2.74. The summed E-state index contributed by atoms with van der Waals surface area (Å²) >= 11 is 0. The SMILES string of the molecule is Cc1ccnc2nc(C(=O)OCC(=O)NC(C)c3ccc4c(c3)OCO4)nn12. The largest absolute Gasteiger partial charge is 0.454 e. The van der Waals surface area contributed by atoms with Crippen LogP contribution in [0.3, 0.4) is 0 Å². The lowest BCUT2D eigenvalue weighted by molar-refractivity contribution is -0.124. The Bertz CT molecular complexity index is 1060. The number of aromatic nitrogens is 4. The maximum absolute atomic E-state index is 12.1. The normalized spacial score (nSPS) is 13.4. The van der Waals surface area contributed by atoms with Crippen LogP contribution >= 0.6 is 0 Å². The van der Waals surface area contributed by atoms with Crippen LogP contribution in [0, 0.1) is 6.92 Å². The Morgan fingerprint density at radius 3 is 2.93 bits per heavy atom. The molecular weight excluding hydrogens is 366 g/mol. The minimum Gasteiger partial charge on any atom is -0.454 e. The molecule has 28 heavy (non-hydrogen) atoms. The summed E-state index contributed by atoms with van der Waals surface area (Å²) in [5.74, 6) is 0.186. The standard InChI is InChI=1S/C18H17N5O5/c1-10-5-6-19-18-21-16(22-23(10)18)17(25)26-8-15(24)20-11(2)12-3-4-13-14(7-12)28-9-27-13/h3-7,11H,8-9H2,1-2H3,(H,20,24). The Morgan fingerprint density at radius 1 is 1.29 bits per heavy atom. The molecule has 0 spiro atoms. The van der Waals surface area contributed by atoms with Crippen LogP contribution in [0.25, 0.3) is 5.78 Å². The summed E-state index contributed by atoms with van der Waals surface area (Å²) < 4.78 is 17.0. The number of ether oxygens (including phenoxy) is 3. The van der Waals surface area contributed by atoms with E-state index < -0.39 is 18.5 Å². The van der Waals surface area contributed by atoms with Crippen molar-refractivity contribution < 1.29 is 23.8 Å². The highest BCUT2D eigenvalue weighted by Crippen LogP contribution is 2.34. The van der Waals surface area contributed by atoms with Crippen LogP contribution in [0.5, 0.6) is 11.5 Å². The molecule has 3 aromatic rings. The summed E-state index contributed by atoms with van der Waals surface area (Å²) in [4.78, 5) is 32.3. The smallest absolute Gasteiger partial charge is 0.378 e. The lowest BCUT2D eigenvalue weighted by Gasteiger charge is -2.14. The van der Waals surface area contributed by atoms with Crippen molar-refractivity contribution in [3.05, 3.63) is 47.5 Å². The molecule has 1 atom stereocenters. The molecule has 144 valence electrons. The van der Waals surface area contributed by atoms with E-state index in [0.717, 1.165) is 11.3 Å². The van der Waals surface area contributed by atoms with Crippen LogP contribution < -0.4 is 14.8 Å². The number of nitrogens with zero attached hydrogens (tertiary/aromatic N) is 4. The van der Waals surface area contributed by atoms with Gasteiger partial charge in [-0.1, -0.05) is 6.07 Å². The molecule has 1 aromatic carbocycles. The molecule has 0 saturated heterocycles. The molecular formula is C18H17N5O5. The minimum absolute atomic E-state index is 0.154. The van der Waals surface area contributed by atoms with Gasteiger partial charge in [0.15, 0.2) is 18.1 Å². The molecule has 1 aliphatic heterocycles. The number of amides is 1. The number of esters is 1. The van der Waals surface area contributed by atoms with E-state index >= 15 is 0 Å².